The predicted octanol–water partition coefficient (Wildman–Crippen LogP) is 3.03. The van der Waals surface area contributed by atoms with E-state index in [1.807, 2.05) is 12.1 Å². The van der Waals surface area contributed by atoms with E-state index in [1.165, 1.54) is 12.8 Å². The van der Waals surface area contributed by atoms with Gasteiger partial charge in [0.2, 0.25) is 0 Å². The topological polar surface area (TPSA) is 33.1 Å². The molecule has 0 spiro atoms. The minimum Gasteiger partial charge on any atom is -0.389 e. The molecule has 1 heterocycles. The molecule has 78 valence electrons. The maximum Gasteiger partial charge on any atom is 0.0960 e. The van der Waals surface area contributed by atoms with Gasteiger partial charge in [0.25, 0.3) is 0 Å². The standard InChI is InChI=1S/C11H17NOS/c1-3-4-7-14-11-6-5-10(8-12-11)9(2)13/h5-6,8-9,13H,3-4,7H2,1-2H3/t9-/m0/s1. The molecule has 1 N–H and O–H groups in total. The average molecular weight is 211 g/mol. The van der Waals surface area contributed by atoms with Crippen molar-refractivity contribution in [2.24, 2.45) is 0 Å². The van der Waals surface area contributed by atoms with Gasteiger partial charge in [-0.25, -0.2) is 4.98 Å². The summed E-state index contributed by atoms with van der Waals surface area (Å²) in [7, 11) is 0. The monoisotopic (exact) mass is 211 g/mol. The van der Waals surface area contributed by atoms with Crippen LogP contribution in [0.25, 0.3) is 0 Å². The Hall–Kier alpha value is -0.540. The van der Waals surface area contributed by atoms with Gasteiger partial charge in [-0.15, -0.1) is 11.8 Å². The summed E-state index contributed by atoms with van der Waals surface area (Å²) in [6.07, 6.45) is 3.78. The van der Waals surface area contributed by atoms with Gasteiger partial charge in [-0.05, 0) is 30.7 Å². The van der Waals surface area contributed by atoms with Crippen LogP contribution in [0.15, 0.2) is 23.4 Å². The average Bonchev–Trinajstić information content (AvgIpc) is 2.19. The first kappa shape index (κ1) is 11.5. The third-order valence-electron chi connectivity index (χ3n) is 1.99. The number of unbranched alkanes of at least 4 members (excludes halogenated alkanes) is 1. The van der Waals surface area contributed by atoms with Gasteiger partial charge in [0.15, 0.2) is 0 Å². The highest BCUT2D eigenvalue weighted by Gasteiger charge is 2.01. The molecule has 0 aliphatic carbocycles. The van der Waals surface area contributed by atoms with Gasteiger partial charge in [-0.1, -0.05) is 19.4 Å². The van der Waals surface area contributed by atoms with Crippen molar-refractivity contribution < 1.29 is 5.11 Å². The fraction of sp³-hybridized carbons (Fsp3) is 0.545. The molecule has 0 aliphatic rings. The lowest BCUT2D eigenvalue weighted by atomic mass is 10.2. The van der Waals surface area contributed by atoms with E-state index in [-0.39, 0.29) is 0 Å². The number of thioether (sulfide) groups is 1. The number of rotatable bonds is 5. The largest absolute Gasteiger partial charge is 0.389 e. The Morgan fingerprint density at radius 1 is 1.50 bits per heavy atom. The summed E-state index contributed by atoms with van der Waals surface area (Å²) in [5.41, 5.74) is 0.879. The van der Waals surface area contributed by atoms with Gasteiger partial charge >= 0.3 is 0 Å². The molecule has 2 nitrogen and oxygen atoms in total. The Balaban J connectivity index is 2.47. The van der Waals surface area contributed by atoms with Crippen LogP contribution in [-0.2, 0) is 0 Å². The van der Waals surface area contributed by atoms with Crippen molar-refractivity contribution in [2.75, 3.05) is 5.75 Å². The summed E-state index contributed by atoms with van der Waals surface area (Å²) in [6.45, 7) is 3.94. The van der Waals surface area contributed by atoms with Crippen LogP contribution in [0.4, 0.5) is 0 Å². The molecule has 3 heteroatoms. The second kappa shape index (κ2) is 6.04. The number of nitrogens with zero attached hydrogens (tertiary/aromatic N) is 1. The first-order valence-electron chi connectivity index (χ1n) is 5.01. The van der Waals surface area contributed by atoms with Crippen LogP contribution in [0.3, 0.4) is 0 Å². The fourth-order valence-electron chi connectivity index (χ4n) is 1.05. The maximum absolute atomic E-state index is 9.28. The van der Waals surface area contributed by atoms with E-state index < -0.39 is 6.10 Å². The molecule has 1 aromatic heterocycles. The van der Waals surface area contributed by atoms with Crippen molar-refractivity contribution in [1.82, 2.24) is 4.98 Å². The molecule has 0 bridgehead atoms. The van der Waals surface area contributed by atoms with Gasteiger partial charge < -0.3 is 5.11 Å². The number of aliphatic hydroxyl groups excluding tert-OH is 1. The minimum absolute atomic E-state index is 0.419. The molecule has 0 radical (unpaired) electrons. The molecule has 0 unspecified atom stereocenters. The molecular formula is C11H17NOS. The van der Waals surface area contributed by atoms with Crippen molar-refractivity contribution in [3.05, 3.63) is 23.9 Å². The molecule has 0 saturated carbocycles. The van der Waals surface area contributed by atoms with Crippen LogP contribution < -0.4 is 0 Å². The highest BCUT2D eigenvalue weighted by molar-refractivity contribution is 7.99. The van der Waals surface area contributed by atoms with Gasteiger partial charge in [0, 0.05) is 6.20 Å². The molecule has 0 fully saturated rings. The van der Waals surface area contributed by atoms with Crippen LogP contribution in [0.2, 0.25) is 0 Å². The lowest BCUT2D eigenvalue weighted by Gasteiger charge is -2.04. The smallest absolute Gasteiger partial charge is 0.0960 e. The van der Waals surface area contributed by atoms with Crippen molar-refractivity contribution in [2.45, 2.75) is 37.8 Å². The van der Waals surface area contributed by atoms with E-state index in [0.717, 1.165) is 16.3 Å². The van der Waals surface area contributed by atoms with E-state index in [2.05, 4.69) is 11.9 Å². The van der Waals surface area contributed by atoms with Gasteiger partial charge in [-0.2, -0.15) is 0 Å². The number of aromatic nitrogens is 1. The third-order valence-corrected chi connectivity index (χ3v) is 3.02. The quantitative estimate of drug-likeness (QED) is 0.600. The van der Waals surface area contributed by atoms with Gasteiger partial charge in [0.1, 0.15) is 0 Å². The number of hydrogen-bond acceptors (Lipinski definition) is 3. The van der Waals surface area contributed by atoms with Crippen molar-refractivity contribution in [3.63, 3.8) is 0 Å². The lowest BCUT2D eigenvalue weighted by Crippen LogP contribution is -1.92. The molecule has 1 atom stereocenters. The molecule has 1 rings (SSSR count). The summed E-state index contributed by atoms with van der Waals surface area (Å²) in [5, 5.41) is 10.3. The van der Waals surface area contributed by atoms with E-state index in [0.29, 0.717) is 0 Å². The molecular weight excluding hydrogens is 194 g/mol. The highest BCUT2D eigenvalue weighted by Crippen LogP contribution is 2.18. The first-order chi connectivity index (χ1) is 6.74. The zero-order chi connectivity index (χ0) is 10.4. The second-order valence-electron chi connectivity index (χ2n) is 3.31. The van der Waals surface area contributed by atoms with Crippen molar-refractivity contribution >= 4 is 11.8 Å². The minimum atomic E-state index is -0.419. The molecule has 0 amide bonds. The van der Waals surface area contributed by atoms with E-state index >= 15 is 0 Å². The summed E-state index contributed by atoms with van der Waals surface area (Å²) in [5.74, 6) is 1.12. The molecule has 0 saturated heterocycles. The Labute approximate surface area is 89.8 Å². The zero-order valence-electron chi connectivity index (χ0n) is 8.73. The Morgan fingerprint density at radius 2 is 2.29 bits per heavy atom. The van der Waals surface area contributed by atoms with E-state index in [9.17, 15) is 5.11 Å². The van der Waals surface area contributed by atoms with Crippen LogP contribution in [0.1, 0.15) is 38.4 Å². The van der Waals surface area contributed by atoms with Crippen molar-refractivity contribution in [1.29, 1.82) is 0 Å². The fourth-order valence-corrected chi connectivity index (χ4v) is 1.98. The molecule has 1 aromatic rings. The van der Waals surface area contributed by atoms with Crippen LogP contribution in [0, 0.1) is 0 Å². The number of pyridine rings is 1. The van der Waals surface area contributed by atoms with Crippen LogP contribution in [0.5, 0.6) is 0 Å². The summed E-state index contributed by atoms with van der Waals surface area (Å²) < 4.78 is 0. The van der Waals surface area contributed by atoms with Crippen LogP contribution >= 0.6 is 11.8 Å². The zero-order valence-corrected chi connectivity index (χ0v) is 9.55. The summed E-state index contributed by atoms with van der Waals surface area (Å²) >= 11 is 1.77. The second-order valence-corrected chi connectivity index (χ2v) is 4.42. The van der Waals surface area contributed by atoms with E-state index in [1.54, 1.807) is 24.9 Å². The molecule has 14 heavy (non-hydrogen) atoms. The summed E-state index contributed by atoms with van der Waals surface area (Å²) in [6, 6.07) is 3.91. The first-order valence-corrected chi connectivity index (χ1v) is 5.99. The SMILES string of the molecule is CCCCSc1ccc([C@H](C)O)cn1. The van der Waals surface area contributed by atoms with Crippen molar-refractivity contribution in [3.8, 4) is 0 Å². The van der Waals surface area contributed by atoms with Crippen LogP contribution in [-0.4, -0.2) is 15.8 Å². The summed E-state index contributed by atoms with van der Waals surface area (Å²) in [4.78, 5) is 4.27. The number of hydrogen-bond donors (Lipinski definition) is 1. The third kappa shape index (κ3) is 3.68. The predicted molar refractivity (Wildman–Crippen MR) is 60.5 cm³/mol. The Bertz CT molecular complexity index is 258. The molecule has 0 aliphatic heterocycles. The Kier molecular flexibility index (Phi) is 4.98. The van der Waals surface area contributed by atoms with Gasteiger partial charge in [-0.3, -0.25) is 0 Å². The lowest BCUT2D eigenvalue weighted by molar-refractivity contribution is 0.198. The normalized spacial score (nSPS) is 12.8. The Morgan fingerprint density at radius 3 is 2.79 bits per heavy atom. The molecule has 0 aromatic carbocycles. The number of aliphatic hydroxyl groups is 1. The highest BCUT2D eigenvalue weighted by atomic mass is 32.2. The van der Waals surface area contributed by atoms with Gasteiger partial charge in [0.05, 0.1) is 11.1 Å². The van der Waals surface area contributed by atoms with E-state index in [4.69, 9.17) is 0 Å². The maximum atomic E-state index is 9.28.